The van der Waals surface area contributed by atoms with E-state index in [0.29, 0.717) is 29.1 Å². The lowest BCUT2D eigenvalue weighted by atomic mass is 9.99. The molecular weight excluding hydrogens is 378 g/mol. The molecule has 8 heteroatoms. The number of aliphatic imine (C=N–C) groups is 1. The van der Waals surface area contributed by atoms with Gasteiger partial charge in [0.25, 0.3) is 5.69 Å². The normalized spacial score (nSPS) is 13.6. The first-order valence-electron chi connectivity index (χ1n) is 8.70. The zero-order valence-corrected chi connectivity index (χ0v) is 16.4. The van der Waals surface area contributed by atoms with Crippen LogP contribution in [0.4, 0.5) is 11.4 Å². The number of fused-ring (bicyclic) bond motifs is 1. The number of rotatable bonds is 6. The number of hydrogen-bond donors (Lipinski definition) is 0. The molecule has 144 valence electrons. The third kappa shape index (κ3) is 4.12. The SMILES string of the molecule is CC(=O)CCSc1ccccc1C1=NCC(=O)N(C)c2ccc([N+](=O)[O-])cc21. The highest BCUT2D eigenvalue weighted by atomic mass is 32.2. The molecule has 2 aromatic rings. The lowest BCUT2D eigenvalue weighted by Gasteiger charge is -2.18. The van der Waals surface area contributed by atoms with E-state index in [1.165, 1.54) is 28.8 Å². The molecule has 1 amide bonds. The molecule has 0 aliphatic carbocycles. The Morgan fingerprint density at radius 3 is 2.71 bits per heavy atom. The number of amides is 1. The van der Waals surface area contributed by atoms with Crippen molar-refractivity contribution in [2.24, 2.45) is 4.99 Å². The number of nitrogens with zero attached hydrogens (tertiary/aromatic N) is 3. The van der Waals surface area contributed by atoms with Crippen molar-refractivity contribution < 1.29 is 14.5 Å². The van der Waals surface area contributed by atoms with E-state index in [1.54, 1.807) is 20.0 Å². The zero-order chi connectivity index (χ0) is 20.3. The van der Waals surface area contributed by atoms with Crippen LogP contribution in [0.5, 0.6) is 0 Å². The van der Waals surface area contributed by atoms with Gasteiger partial charge in [0, 0.05) is 47.4 Å². The number of benzodiazepines with no additional fused rings is 1. The molecule has 7 nitrogen and oxygen atoms in total. The van der Waals surface area contributed by atoms with E-state index < -0.39 is 4.92 Å². The molecule has 0 N–H and O–H groups in total. The van der Waals surface area contributed by atoms with Crippen molar-refractivity contribution in [1.29, 1.82) is 0 Å². The third-order valence-electron chi connectivity index (χ3n) is 4.41. The quantitative estimate of drug-likeness (QED) is 0.423. The van der Waals surface area contributed by atoms with Crippen LogP contribution in [0.25, 0.3) is 0 Å². The number of Topliss-reactive ketones (excluding diaryl/α,β-unsaturated/α-hetero) is 1. The minimum atomic E-state index is -0.460. The maximum Gasteiger partial charge on any atom is 0.270 e. The maximum atomic E-state index is 12.3. The number of benzene rings is 2. The second-order valence-electron chi connectivity index (χ2n) is 6.37. The van der Waals surface area contributed by atoms with Gasteiger partial charge in [0.2, 0.25) is 5.91 Å². The van der Waals surface area contributed by atoms with Gasteiger partial charge < -0.3 is 4.90 Å². The van der Waals surface area contributed by atoms with Crippen molar-refractivity contribution in [3.05, 3.63) is 63.7 Å². The summed E-state index contributed by atoms with van der Waals surface area (Å²) in [5, 5.41) is 11.3. The monoisotopic (exact) mass is 397 g/mol. The molecule has 28 heavy (non-hydrogen) atoms. The molecule has 0 bridgehead atoms. The van der Waals surface area contributed by atoms with Gasteiger partial charge in [-0.25, -0.2) is 0 Å². The van der Waals surface area contributed by atoms with Gasteiger partial charge in [-0.3, -0.25) is 24.7 Å². The van der Waals surface area contributed by atoms with E-state index in [4.69, 9.17) is 0 Å². The highest BCUT2D eigenvalue weighted by molar-refractivity contribution is 7.99. The predicted molar refractivity (Wildman–Crippen MR) is 109 cm³/mol. The summed E-state index contributed by atoms with van der Waals surface area (Å²) in [7, 11) is 1.64. The highest BCUT2D eigenvalue weighted by Gasteiger charge is 2.25. The molecule has 0 fully saturated rings. The summed E-state index contributed by atoms with van der Waals surface area (Å²) in [6, 6.07) is 12.0. The number of carbonyl (C=O) groups is 2. The second-order valence-corrected chi connectivity index (χ2v) is 7.51. The fraction of sp³-hybridized carbons (Fsp3) is 0.250. The third-order valence-corrected chi connectivity index (χ3v) is 5.48. The Kier molecular flexibility index (Phi) is 5.89. The van der Waals surface area contributed by atoms with Crippen LogP contribution >= 0.6 is 11.8 Å². The molecule has 0 saturated carbocycles. The van der Waals surface area contributed by atoms with Crippen molar-refractivity contribution in [2.45, 2.75) is 18.2 Å². The largest absolute Gasteiger partial charge is 0.313 e. The van der Waals surface area contributed by atoms with Gasteiger partial charge in [0.05, 0.1) is 16.3 Å². The molecule has 3 rings (SSSR count). The number of anilines is 1. The average molecular weight is 397 g/mol. The Bertz CT molecular complexity index is 987. The van der Waals surface area contributed by atoms with Crippen molar-refractivity contribution in [3.63, 3.8) is 0 Å². The van der Waals surface area contributed by atoms with Crippen molar-refractivity contribution >= 4 is 40.5 Å². The molecular formula is C20H19N3O4S. The minimum Gasteiger partial charge on any atom is -0.313 e. The first kappa shape index (κ1) is 19.8. The molecule has 2 aromatic carbocycles. The number of nitro benzene ring substituents is 1. The molecule has 1 aliphatic heterocycles. The summed E-state index contributed by atoms with van der Waals surface area (Å²) in [6.07, 6.45) is 0.453. The van der Waals surface area contributed by atoms with Crippen LogP contribution in [0.3, 0.4) is 0 Å². The first-order valence-corrected chi connectivity index (χ1v) is 9.68. The molecule has 0 radical (unpaired) electrons. The van der Waals surface area contributed by atoms with Crippen LogP contribution in [0.15, 0.2) is 52.4 Å². The van der Waals surface area contributed by atoms with Gasteiger partial charge in [-0.15, -0.1) is 11.8 Å². The molecule has 0 aromatic heterocycles. The van der Waals surface area contributed by atoms with Crippen LogP contribution in [0, 0.1) is 10.1 Å². The molecule has 1 aliphatic rings. The van der Waals surface area contributed by atoms with Crippen LogP contribution in [0.2, 0.25) is 0 Å². The van der Waals surface area contributed by atoms with Crippen LogP contribution in [-0.4, -0.2) is 41.7 Å². The van der Waals surface area contributed by atoms with Gasteiger partial charge >= 0.3 is 0 Å². The van der Waals surface area contributed by atoms with Gasteiger partial charge in [0.1, 0.15) is 12.3 Å². The fourth-order valence-electron chi connectivity index (χ4n) is 2.92. The standard InChI is InChI=1S/C20H19N3O4S/c1-13(24)9-10-28-18-6-4-3-5-15(18)20-16-11-14(23(26)27)7-8-17(16)22(2)19(25)12-21-20/h3-8,11H,9-10,12H2,1-2H3. The Labute approximate surface area is 166 Å². The number of hydrogen-bond acceptors (Lipinski definition) is 6. The van der Waals surface area contributed by atoms with Crippen molar-refractivity contribution in [1.82, 2.24) is 0 Å². The van der Waals surface area contributed by atoms with E-state index in [0.717, 1.165) is 10.5 Å². The number of ketones is 1. The number of thioether (sulfide) groups is 1. The van der Waals surface area contributed by atoms with Crippen molar-refractivity contribution in [2.75, 3.05) is 24.2 Å². The van der Waals surface area contributed by atoms with E-state index in [9.17, 15) is 19.7 Å². The molecule has 0 unspecified atom stereocenters. The number of carbonyl (C=O) groups excluding carboxylic acids is 2. The van der Waals surface area contributed by atoms with Crippen LogP contribution in [0.1, 0.15) is 24.5 Å². The second kappa shape index (κ2) is 8.35. The number of non-ortho nitro benzene ring substituents is 1. The Balaban J connectivity index is 2.11. The predicted octanol–water partition coefficient (Wildman–Crippen LogP) is 3.48. The topological polar surface area (TPSA) is 92.9 Å². The average Bonchev–Trinajstić information content (AvgIpc) is 2.79. The summed E-state index contributed by atoms with van der Waals surface area (Å²) >= 11 is 1.53. The summed E-state index contributed by atoms with van der Waals surface area (Å²) in [5.74, 6) is 0.553. The molecule has 0 atom stereocenters. The first-order chi connectivity index (χ1) is 13.4. The van der Waals surface area contributed by atoms with E-state index >= 15 is 0 Å². The summed E-state index contributed by atoms with van der Waals surface area (Å²) in [4.78, 5) is 41.3. The Morgan fingerprint density at radius 2 is 2.00 bits per heavy atom. The van der Waals surface area contributed by atoms with E-state index in [1.807, 2.05) is 24.3 Å². The summed E-state index contributed by atoms with van der Waals surface area (Å²) < 4.78 is 0. The van der Waals surface area contributed by atoms with Crippen molar-refractivity contribution in [3.8, 4) is 0 Å². The number of likely N-dealkylation sites (N-methyl/N-ethyl adjacent to an activating group) is 1. The molecule has 1 heterocycles. The maximum absolute atomic E-state index is 12.3. The van der Waals surface area contributed by atoms with E-state index in [2.05, 4.69) is 4.99 Å². The Morgan fingerprint density at radius 1 is 1.25 bits per heavy atom. The van der Waals surface area contributed by atoms with Gasteiger partial charge in [-0.1, -0.05) is 18.2 Å². The lowest BCUT2D eigenvalue weighted by Crippen LogP contribution is -2.27. The summed E-state index contributed by atoms with van der Waals surface area (Å²) in [5.41, 5.74) is 2.40. The van der Waals surface area contributed by atoms with Crippen LogP contribution < -0.4 is 4.90 Å². The zero-order valence-electron chi connectivity index (χ0n) is 15.5. The lowest BCUT2D eigenvalue weighted by molar-refractivity contribution is -0.384. The smallest absolute Gasteiger partial charge is 0.270 e. The molecule has 0 spiro atoms. The fourth-order valence-corrected chi connectivity index (χ4v) is 4.02. The molecule has 0 saturated heterocycles. The Hall–Kier alpha value is -3.00. The summed E-state index contributed by atoms with van der Waals surface area (Å²) in [6.45, 7) is 1.51. The number of nitro groups is 1. The van der Waals surface area contributed by atoms with Crippen LogP contribution in [-0.2, 0) is 9.59 Å². The van der Waals surface area contributed by atoms with Gasteiger partial charge in [-0.05, 0) is 19.1 Å². The minimum absolute atomic E-state index is 0.0409. The highest BCUT2D eigenvalue weighted by Crippen LogP contribution is 2.33. The van der Waals surface area contributed by atoms with Gasteiger partial charge in [-0.2, -0.15) is 0 Å². The van der Waals surface area contributed by atoms with E-state index in [-0.39, 0.29) is 23.9 Å². The van der Waals surface area contributed by atoms with Gasteiger partial charge in [0.15, 0.2) is 0 Å².